The van der Waals surface area contributed by atoms with E-state index in [-0.39, 0.29) is 0 Å². The van der Waals surface area contributed by atoms with E-state index in [0.29, 0.717) is 11.8 Å². The van der Waals surface area contributed by atoms with E-state index < -0.39 is 0 Å². The van der Waals surface area contributed by atoms with Gasteiger partial charge in [0.15, 0.2) is 0 Å². The Balaban J connectivity index is 3.25. The molecule has 2 nitrogen and oxygen atoms in total. The average Bonchev–Trinajstić information content (AvgIpc) is 2.16. The molecule has 0 rings (SSSR count). The van der Waals surface area contributed by atoms with Crippen molar-refractivity contribution in [3.8, 4) is 0 Å². The van der Waals surface area contributed by atoms with Crippen LogP contribution in [0.1, 0.15) is 26.7 Å². The fourth-order valence-electron chi connectivity index (χ4n) is 1.38. The van der Waals surface area contributed by atoms with Crippen LogP contribution in [0.15, 0.2) is 0 Å². The second-order valence-corrected chi connectivity index (χ2v) is 5.13. The number of unbranched alkanes of at least 4 members (excludes halogenated alkanes) is 1. The zero-order valence-electron chi connectivity index (χ0n) is 9.88. The highest BCUT2D eigenvalue weighted by Crippen LogP contribution is 2.07. The molecule has 0 aromatic heterocycles. The predicted octanol–water partition coefficient (Wildman–Crippen LogP) is 1.95. The lowest BCUT2D eigenvalue weighted by Crippen LogP contribution is -2.32. The standard InChI is InChI=1S/C11H26N2S/c1-10(2)11(8-12)9-13-6-4-5-7-14-3/h10-11,13H,4-9,12H2,1-3H3. The number of hydrogen-bond acceptors (Lipinski definition) is 3. The number of hydrogen-bond donors (Lipinski definition) is 2. The first kappa shape index (κ1) is 14.3. The maximum Gasteiger partial charge on any atom is -0.000600 e. The summed E-state index contributed by atoms with van der Waals surface area (Å²) in [7, 11) is 0. The predicted molar refractivity (Wildman–Crippen MR) is 67.9 cm³/mol. The third-order valence-electron chi connectivity index (χ3n) is 2.60. The second-order valence-electron chi connectivity index (χ2n) is 4.14. The van der Waals surface area contributed by atoms with Gasteiger partial charge in [0.05, 0.1) is 0 Å². The van der Waals surface area contributed by atoms with E-state index >= 15 is 0 Å². The van der Waals surface area contributed by atoms with Crippen LogP contribution in [-0.2, 0) is 0 Å². The van der Waals surface area contributed by atoms with Crippen molar-refractivity contribution in [3.63, 3.8) is 0 Å². The number of nitrogens with two attached hydrogens (primary N) is 1. The Bertz CT molecular complexity index is 118. The van der Waals surface area contributed by atoms with Crippen LogP contribution in [0.25, 0.3) is 0 Å². The van der Waals surface area contributed by atoms with Gasteiger partial charge >= 0.3 is 0 Å². The quantitative estimate of drug-likeness (QED) is 0.581. The summed E-state index contributed by atoms with van der Waals surface area (Å²) in [5.74, 6) is 2.61. The molecule has 0 aliphatic carbocycles. The first-order chi connectivity index (χ1) is 6.72. The van der Waals surface area contributed by atoms with Crippen LogP contribution in [0.4, 0.5) is 0 Å². The van der Waals surface area contributed by atoms with E-state index in [1.807, 2.05) is 11.8 Å². The molecule has 0 heterocycles. The van der Waals surface area contributed by atoms with Gasteiger partial charge in [0, 0.05) is 0 Å². The van der Waals surface area contributed by atoms with E-state index in [4.69, 9.17) is 5.73 Å². The molecule has 0 saturated heterocycles. The number of rotatable bonds is 9. The van der Waals surface area contributed by atoms with Crippen molar-refractivity contribution in [2.45, 2.75) is 26.7 Å². The zero-order valence-corrected chi connectivity index (χ0v) is 10.7. The molecule has 1 atom stereocenters. The van der Waals surface area contributed by atoms with Gasteiger partial charge in [-0.3, -0.25) is 0 Å². The molecule has 1 unspecified atom stereocenters. The summed E-state index contributed by atoms with van der Waals surface area (Å²) >= 11 is 1.93. The Hall–Kier alpha value is 0.270. The van der Waals surface area contributed by atoms with Crippen molar-refractivity contribution in [2.75, 3.05) is 31.6 Å². The van der Waals surface area contributed by atoms with E-state index in [9.17, 15) is 0 Å². The van der Waals surface area contributed by atoms with E-state index in [1.165, 1.54) is 18.6 Å². The molecule has 0 aliphatic rings. The fraction of sp³-hybridized carbons (Fsp3) is 1.00. The third-order valence-corrected chi connectivity index (χ3v) is 3.30. The summed E-state index contributed by atoms with van der Waals surface area (Å²) in [5, 5.41) is 3.49. The molecule has 3 N–H and O–H groups in total. The monoisotopic (exact) mass is 218 g/mol. The van der Waals surface area contributed by atoms with E-state index in [1.54, 1.807) is 0 Å². The Morgan fingerprint density at radius 1 is 1.29 bits per heavy atom. The molecule has 14 heavy (non-hydrogen) atoms. The van der Waals surface area contributed by atoms with Crippen LogP contribution in [0.5, 0.6) is 0 Å². The van der Waals surface area contributed by atoms with Crippen LogP contribution < -0.4 is 11.1 Å². The Kier molecular flexibility index (Phi) is 10.0. The minimum Gasteiger partial charge on any atom is -0.330 e. The minimum atomic E-state index is 0.635. The van der Waals surface area contributed by atoms with Crippen LogP contribution in [0, 0.1) is 11.8 Å². The second kappa shape index (κ2) is 9.81. The molecule has 0 aliphatic heterocycles. The van der Waals surface area contributed by atoms with Gasteiger partial charge in [-0.05, 0) is 56.3 Å². The Labute approximate surface area is 93.4 Å². The summed E-state index contributed by atoms with van der Waals surface area (Å²) in [6.07, 6.45) is 4.77. The van der Waals surface area contributed by atoms with Crippen LogP contribution in [0.2, 0.25) is 0 Å². The van der Waals surface area contributed by atoms with Crippen LogP contribution >= 0.6 is 11.8 Å². The molecule has 0 aromatic carbocycles. The van der Waals surface area contributed by atoms with Gasteiger partial charge in [0.2, 0.25) is 0 Å². The first-order valence-electron chi connectivity index (χ1n) is 5.62. The van der Waals surface area contributed by atoms with Crippen molar-refractivity contribution >= 4 is 11.8 Å². The molecule has 3 heteroatoms. The fourth-order valence-corrected chi connectivity index (χ4v) is 1.87. The summed E-state index contributed by atoms with van der Waals surface area (Å²) in [4.78, 5) is 0. The summed E-state index contributed by atoms with van der Waals surface area (Å²) in [6.45, 7) is 7.51. The highest BCUT2D eigenvalue weighted by molar-refractivity contribution is 7.98. The van der Waals surface area contributed by atoms with E-state index in [0.717, 1.165) is 19.6 Å². The normalized spacial score (nSPS) is 13.5. The molecule has 0 fully saturated rings. The lowest BCUT2D eigenvalue weighted by molar-refractivity contribution is 0.370. The molecule has 0 bridgehead atoms. The van der Waals surface area contributed by atoms with Crippen LogP contribution in [0.3, 0.4) is 0 Å². The largest absolute Gasteiger partial charge is 0.330 e. The SMILES string of the molecule is CSCCCCNCC(CN)C(C)C. The maximum absolute atomic E-state index is 5.69. The van der Waals surface area contributed by atoms with Gasteiger partial charge in [-0.15, -0.1) is 0 Å². The molecule has 0 spiro atoms. The highest BCUT2D eigenvalue weighted by Gasteiger charge is 2.09. The summed E-state index contributed by atoms with van der Waals surface area (Å²) in [6, 6.07) is 0. The van der Waals surface area contributed by atoms with Gasteiger partial charge in [-0.1, -0.05) is 13.8 Å². The molecule has 0 saturated carbocycles. The Morgan fingerprint density at radius 3 is 2.50 bits per heavy atom. The molecular weight excluding hydrogens is 192 g/mol. The van der Waals surface area contributed by atoms with Crippen molar-refractivity contribution in [1.82, 2.24) is 5.32 Å². The number of thioether (sulfide) groups is 1. The van der Waals surface area contributed by atoms with Gasteiger partial charge in [-0.2, -0.15) is 11.8 Å². The van der Waals surface area contributed by atoms with Crippen molar-refractivity contribution in [1.29, 1.82) is 0 Å². The summed E-state index contributed by atoms with van der Waals surface area (Å²) in [5.41, 5.74) is 5.69. The molecule has 86 valence electrons. The Morgan fingerprint density at radius 2 is 2.00 bits per heavy atom. The molecule has 0 amide bonds. The maximum atomic E-state index is 5.69. The first-order valence-corrected chi connectivity index (χ1v) is 7.01. The van der Waals surface area contributed by atoms with Crippen molar-refractivity contribution in [2.24, 2.45) is 17.6 Å². The van der Waals surface area contributed by atoms with Gasteiger partial charge < -0.3 is 11.1 Å². The van der Waals surface area contributed by atoms with Gasteiger partial charge in [-0.25, -0.2) is 0 Å². The molecule has 0 radical (unpaired) electrons. The van der Waals surface area contributed by atoms with Gasteiger partial charge in [0.25, 0.3) is 0 Å². The van der Waals surface area contributed by atoms with Crippen molar-refractivity contribution < 1.29 is 0 Å². The van der Waals surface area contributed by atoms with Gasteiger partial charge in [0.1, 0.15) is 0 Å². The van der Waals surface area contributed by atoms with E-state index in [2.05, 4.69) is 25.4 Å². The van der Waals surface area contributed by atoms with Crippen molar-refractivity contribution in [3.05, 3.63) is 0 Å². The van der Waals surface area contributed by atoms with Crippen LogP contribution in [-0.4, -0.2) is 31.6 Å². The average molecular weight is 218 g/mol. The molecular formula is C11H26N2S. The summed E-state index contributed by atoms with van der Waals surface area (Å²) < 4.78 is 0. The number of nitrogens with one attached hydrogen (secondary N) is 1. The smallest absolute Gasteiger partial charge is 0.000600 e. The molecule has 0 aromatic rings. The lowest BCUT2D eigenvalue weighted by atomic mass is 9.96. The third kappa shape index (κ3) is 7.65. The zero-order chi connectivity index (χ0) is 10.8. The highest BCUT2D eigenvalue weighted by atomic mass is 32.2. The topological polar surface area (TPSA) is 38.0 Å². The minimum absolute atomic E-state index is 0.635. The lowest BCUT2D eigenvalue weighted by Gasteiger charge is -2.19.